The molecule has 17 rings (SSSR count). The number of furan rings is 2. The molecule has 0 saturated carbocycles. The fourth-order valence-electron chi connectivity index (χ4n) is 14.7. The number of aromatic nitrogens is 6. The lowest BCUT2D eigenvalue weighted by atomic mass is 9.78. The first-order valence-electron chi connectivity index (χ1n) is 48.5. The maximum atomic E-state index is 7.82. The number of aryl methyl sites for hydroxylation is 4. The van der Waals surface area contributed by atoms with Crippen LogP contribution in [0.1, 0.15) is 235 Å². The number of para-hydroxylation sites is 2. The van der Waals surface area contributed by atoms with Gasteiger partial charge in [0.05, 0.1) is 22.8 Å². The van der Waals surface area contributed by atoms with Crippen LogP contribution in [0.25, 0.3) is 111 Å². The van der Waals surface area contributed by atoms with E-state index in [9.17, 15) is 0 Å². The van der Waals surface area contributed by atoms with E-state index in [0.29, 0.717) is 0 Å². The molecule has 8 nitrogen and oxygen atoms in total. The minimum Gasteiger partial charge on any atom is -0.456 e. The molecule has 10 aromatic carbocycles. The van der Waals surface area contributed by atoms with Crippen LogP contribution in [0.2, 0.25) is 0 Å². The zero-order chi connectivity index (χ0) is 99.5. The van der Waals surface area contributed by atoms with Gasteiger partial charge in [0.15, 0.2) is 0 Å². The quantitative estimate of drug-likeness (QED) is 0.148. The Morgan fingerprint density at radius 2 is 0.675 bits per heavy atom. The third kappa shape index (κ3) is 25.0. The molecule has 0 aliphatic heterocycles. The molecular formula is C118H132N6O2. The van der Waals surface area contributed by atoms with Crippen molar-refractivity contribution in [3.8, 4) is 67.3 Å². The van der Waals surface area contributed by atoms with Gasteiger partial charge < -0.3 is 8.83 Å². The third-order valence-electron chi connectivity index (χ3n) is 21.6. The lowest BCUT2D eigenvalue weighted by Crippen LogP contribution is -2.16. The zero-order valence-corrected chi connectivity index (χ0v) is 78.1. The fraction of sp³-hybridized carbons (Fsp3) is 0.288. The van der Waals surface area contributed by atoms with Crippen LogP contribution in [-0.2, 0) is 50.7 Å². The summed E-state index contributed by atoms with van der Waals surface area (Å²) in [5.74, 6) is 0.868. The number of fused-ring (bicyclic) bond motifs is 6. The van der Waals surface area contributed by atoms with E-state index in [2.05, 4.69) is 325 Å². The molecule has 0 N–H and O–H groups in total. The monoisotopic (exact) mass is 1680 g/mol. The van der Waals surface area contributed by atoms with Gasteiger partial charge >= 0.3 is 0 Å². The van der Waals surface area contributed by atoms with Crippen molar-refractivity contribution < 1.29 is 22.5 Å². The predicted octanol–water partition coefficient (Wildman–Crippen LogP) is 32.8. The summed E-state index contributed by atoms with van der Waals surface area (Å²) in [5.41, 5.74) is 24.3. The van der Waals surface area contributed by atoms with Crippen molar-refractivity contribution in [3.05, 3.63) is 384 Å². The lowest BCUT2D eigenvalue weighted by molar-refractivity contribution is 0.547. The van der Waals surface area contributed by atoms with E-state index in [0.717, 1.165) is 84.3 Å². The van der Waals surface area contributed by atoms with Crippen LogP contribution in [0.4, 0.5) is 0 Å². The molecule has 0 aliphatic carbocycles. The second-order valence-corrected chi connectivity index (χ2v) is 38.9. The number of hydrogen-bond donors (Lipinski definition) is 0. The Kier molecular flexibility index (Phi) is 26.0. The maximum absolute atomic E-state index is 7.82. The van der Waals surface area contributed by atoms with Crippen LogP contribution >= 0.6 is 0 Å². The first-order valence-corrected chi connectivity index (χ1v) is 43.5. The molecule has 7 heterocycles. The van der Waals surface area contributed by atoms with Crippen LogP contribution in [0.15, 0.2) is 331 Å². The van der Waals surface area contributed by atoms with E-state index < -0.39 is 26.4 Å². The van der Waals surface area contributed by atoms with Crippen LogP contribution in [-0.4, -0.2) is 29.9 Å². The van der Waals surface area contributed by atoms with E-state index in [4.69, 9.17) is 37.5 Å². The number of benzene rings is 10. The van der Waals surface area contributed by atoms with Crippen molar-refractivity contribution in [1.82, 2.24) is 29.9 Å². The van der Waals surface area contributed by atoms with Gasteiger partial charge in [0, 0.05) is 109 Å². The van der Waals surface area contributed by atoms with Crippen molar-refractivity contribution >= 4 is 43.9 Å². The highest BCUT2D eigenvalue weighted by molar-refractivity contribution is 6.07. The van der Waals surface area contributed by atoms with Gasteiger partial charge in [0.2, 0.25) is 0 Å². The summed E-state index contributed by atoms with van der Waals surface area (Å²) in [6.45, 7) is 43.3. The molecule has 0 saturated heterocycles. The summed E-state index contributed by atoms with van der Waals surface area (Å²) in [7, 11) is 0. The molecule has 0 atom stereocenters. The minimum absolute atomic E-state index is 0.0410. The minimum atomic E-state index is -2.32. The molecule has 0 amide bonds. The Morgan fingerprint density at radius 3 is 1.10 bits per heavy atom. The predicted molar refractivity (Wildman–Crippen MR) is 538 cm³/mol. The second kappa shape index (κ2) is 40.6. The first-order chi connectivity index (χ1) is 63.4. The lowest BCUT2D eigenvalue weighted by Gasteiger charge is -2.26. The van der Waals surface area contributed by atoms with E-state index in [1.54, 1.807) is 18.2 Å². The summed E-state index contributed by atoms with van der Waals surface area (Å²) in [5, 5.41) is 4.89. The highest BCUT2D eigenvalue weighted by Crippen LogP contribution is 2.42. The van der Waals surface area contributed by atoms with Crippen LogP contribution in [0, 0.1) is 13.7 Å². The Labute approximate surface area is 766 Å². The van der Waals surface area contributed by atoms with Crippen LogP contribution in [0.3, 0.4) is 0 Å². The van der Waals surface area contributed by atoms with Crippen molar-refractivity contribution in [3.63, 3.8) is 0 Å². The van der Waals surface area contributed by atoms with Gasteiger partial charge in [-0.2, -0.15) is 0 Å². The molecule has 0 aliphatic rings. The van der Waals surface area contributed by atoms with E-state index in [1.807, 2.05) is 133 Å². The largest absolute Gasteiger partial charge is 0.456 e. The molecule has 126 heavy (non-hydrogen) atoms. The Balaban J connectivity index is 0.000000153. The first kappa shape index (κ1) is 80.6. The standard InChI is InChI=1S/2C21H21N.C20H20N2.2C16H16O.2C12H19N/c1-21(2,3)20-18(16-10-6-4-7-11-16)14-22-15-19(20)17-12-8-5-9-13-17;1-21(2,3)18-14-19(16-10-6-4-7-11-16)22-20(15-18)17-12-8-5-9-13-17;1-20(2,3)19-21-17(15-10-6-4-7-11-15)14-18(22-19)16-12-8-5-9-13-16;1-16(2,3)12-8-6-10-14-15(12)11-7-4-5-9-13(11)17-14;1-16(2,3)11-8-9-15-13(10-11)12-6-4-5-7-14(12)17-15;1-6-11-8-10(12(3,4)5)7-9(2)13-11;1-6-11-10(12(3,4)5)8-7-9(2)13-11/h2*4-15H,1-3H3;4-14H,1-3H3;2*4-10H,1-3H3;2*7-8H,6H2,1-5H3/i;;;;;2*2D3,6D2. The number of hydrogen-bond acceptors (Lipinski definition) is 8. The molecule has 8 heteroatoms. The van der Waals surface area contributed by atoms with Gasteiger partial charge in [0.25, 0.3) is 0 Å². The van der Waals surface area contributed by atoms with Gasteiger partial charge in [-0.1, -0.05) is 402 Å². The molecule has 0 spiro atoms. The van der Waals surface area contributed by atoms with Gasteiger partial charge in [-0.15, -0.1) is 0 Å². The van der Waals surface area contributed by atoms with Crippen molar-refractivity contribution in [2.75, 3.05) is 0 Å². The van der Waals surface area contributed by atoms with Crippen LogP contribution in [0.5, 0.6) is 0 Å². The number of nitrogens with zero attached hydrogens (tertiary/aromatic N) is 6. The number of rotatable bonds is 8. The molecule has 0 radical (unpaired) electrons. The second-order valence-electron chi connectivity index (χ2n) is 38.9. The normalized spacial score (nSPS) is 13.4. The van der Waals surface area contributed by atoms with Crippen molar-refractivity contribution in [2.24, 2.45) is 0 Å². The average molecular weight is 1680 g/mol. The summed E-state index contributed by atoms with van der Waals surface area (Å²) < 4.78 is 87.0. The van der Waals surface area contributed by atoms with Gasteiger partial charge in [0.1, 0.15) is 28.2 Å². The van der Waals surface area contributed by atoms with E-state index in [-0.39, 0.29) is 60.7 Å². The van der Waals surface area contributed by atoms with E-state index in [1.165, 1.54) is 86.0 Å². The topological polar surface area (TPSA) is 104 Å². The Bertz CT molecular complexity index is 6450. The number of pyridine rings is 4. The Morgan fingerprint density at radius 1 is 0.278 bits per heavy atom. The third-order valence-corrected chi connectivity index (χ3v) is 21.6. The van der Waals surface area contributed by atoms with Crippen molar-refractivity contribution in [1.29, 1.82) is 0 Å². The van der Waals surface area contributed by atoms with Gasteiger partial charge in [-0.05, 0) is 170 Å². The summed E-state index contributed by atoms with van der Waals surface area (Å²) in [6.07, 6.45) is 0.663. The van der Waals surface area contributed by atoms with Crippen LogP contribution < -0.4 is 0 Å². The molecule has 0 unspecified atom stereocenters. The summed E-state index contributed by atoms with van der Waals surface area (Å²) in [4.78, 5) is 27.0. The smallest absolute Gasteiger partial charge is 0.135 e. The highest BCUT2D eigenvalue weighted by atomic mass is 16.3. The van der Waals surface area contributed by atoms with Gasteiger partial charge in [-0.25, -0.2) is 15.0 Å². The highest BCUT2D eigenvalue weighted by Gasteiger charge is 2.27. The fourth-order valence-corrected chi connectivity index (χ4v) is 14.7. The Hall–Kier alpha value is -12.5. The molecule has 17 aromatic rings. The average Bonchev–Trinajstić information content (AvgIpc) is 1.59. The summed E-state index contributed by atoms with van der Waals surface area (Å²) in [6, 6.07) is 104. The molecule has 0 bridgehead atoms. The van der Waals surface area contributed by atoms with Crippen molar-refractivity contribution in [2.45, 2.75) is 224 Å². The van der Waals surface area contributed by atoms with E-state index >= 15 is 0 Å². The van der Waals surface area contributed by atoms with Gasteiger partial charge in [-0.3, -0.25) is 15.0 Å². The molecule has 7 aromatic heterocycles. The zero-order valence-electron chi connectivity index (χ0n) is 88.1. The molecule has 0 fully saturated rings. The summed E-state index contributed by atoms with van der Waals surface area (Å²) >= 11 is 0. The molecular weight excluding hydrogens is 1530 g/mol. The maximum Gasteiger partial charge on any atom is 0.135 e. The molecule has 646 valence electrons. The SMILES string of the molecule is CC(C)(C)c1c(-c2ccccc2)cncc1-c1ccccc1.CC(C)(C)c1cc(-c2ccccc2)nc(-c2ccccc2)c1.CC(C)(C)c1ccc2oc3ccccc3c2c1.CC(C)(C)c1cccc2oc3ccccc3c12.CC(C)(C)c1nc(-c2ccccc2)cc(-c2ccccc2)n1.[2H]C([2H])([2H])c1cc(C(C)(C)C)cc(C([2H])([2H])C)n1.[2H]C([2H])([2H])c1ccc(C(C)(C)C)c(C([2H])([2H])C)n1.